The Bertz CT molecular complexity index is 555. The molecule has 0 bridgehead atoms. The van der Waals surface area contributed by atoms with Gasteiger partial charge in [-0.25, -0.2) is 8.78 Å². The van der Waals surface area contributed by atoms with Crippen LogP contribution in [0.15, 0.2) is 22.7 Å². The van der Waals surface area contributed by atoms with Gasteiger partial charge >= 0.3 is 6.01 Å². The second kappa shape index (κ2) is 4.95. The minimum atomic E-state index is -0.619. The van der Waals surface area contributed by atoms with E-state index in [0.717, 1.165) is 6.07 Å². The molecule has 0 aliphatic heterocycles. The first kappa shape index (κ1) is 13.5. The normalized spacial score (nSPS) is 11.6. The number of nitrogens with zero attached hydrogens (tertiary/aromatic N) is 2. The highest BCUT2D eigenvalue weighted by Gasteiger charge is 2.15. The van der Waals surface area contributed by atoms with E-state index in [9.17, 15) is 8.78 Å². The second-order valence-corrected chi connectivity index (χ2v) is 5.35. The molecule has 1 N–H and O–H groups in total. The van der Waals surface area contributed by atoms with Gasteiger partial charge in [-0.05, 0) is 38.5 Å². The highest BCUT2D eigenvalue weighted by Crippen LogP contribution is 2.15. The van der Waals surface area contributed by atoms with Gasteiger partial charge in [-0.3, -0.25) is 0 Å². The molecule has 0 aliphatic rings. The fraction of sp³-hybridized carbons (Fsp3) is 0.385. The molecule has 6 heteroatoms. The van der Waals surface area contributed by atoms with Crippen LogP contribution in [-0.2, 0) is 6.42 Å². The highest BCUT2D eigenvalue weighted by molar-refractivity contribution is 5.26. The third-order valence-electron chi connectivity index (χ3n) is 2.23. The van der Waals surface area contributed by atoms with Crippen LogP contribution in [0.3, 0.4) is 0 Å². The van der Waals surface area contributed by atoms with Crippen LogP contribution in [0.5, 0.6) is 0 Å². The molecule has 0 fully saturated rings. The van der Waals surface area contributed by atoms with Gasteiger partial charge in [-0.15, -0.1) is 0 Å². The van der Waals surface area contributed by atoms with Crippen LogP contribution in [0.2, 0.25) is 0 Å². The van der Waals surface area contributed by atoms with Gasteiger partial charge in [0.1, 0.15) is 11.6 Å². The number of nitrogens with one attached hydrogen (secondary N) is 1. The molecule has 0 spiro atoms. The van der Waals surface area contributed by atoms with Gasteiger partial charge in [0.15, 0.2) is 5.82 Å². The molecule has 1 aromatic carbocycles. The zero-order valence-electron chi connectivity index (χ0n) is 11.0. The largest absolute Gasteiger partial charge is 0.333 e. The van der Waals surface area contributed by atoms with Crippen molar-refractivity contribution in [1.29, 1.82) is 0 Å². The summed E-state index contributed by atoms with van der Waals surface area (Å²) in [6.07, 6.45) is 0.212. The maximum atomic E-state index is 13.0. The third kappa shape index (κ3) is 4.01. The van der Waals surface area contributed by atoms with Crippen LogP contribution in [0.4, 0.5) is 14.8 Å². The number of benzene rings is 1. The molecule has 19 heavy (non-hydrogen) atoms. The minimum absolute atomic E-state index is 0.200. The summed E-state index contributed by atoms with van der Waals surface area (Å²) in [7, 11) is 0. The van der Waals surface area contributed by atoms with Gasteiger partial charge < -0.3 is 9.84 Å². The molecule has 4 nitrogen and oxygen atoms in total. The van der Waals surface area contributed by atoms with Crippen LogP contribution in [0.25, 0.3) is 0 Å². The quantitative estimate of drug-likeness (QED) is 0.928. The number of anilines is 1. The number of hydrogen-bond donors (Lipinski definition) is 1. The van der Waals surface area contributed by atoms with E-state index in [1.54, 1.807) is 0 Å². The fourth-order valence-electron chi connectivity index (χ4n) is 1.59. The Labute approximate surface area is 109 Å². The summed E-state index contributed by atoms with van der Waals surface area (Å²) in [6, 6.07) is 3.61. The summed E-state index contributed by atoms with van der Waals surface area (Å²) in [5, 5.41) is 6.78. The van der Waals surface area contributed by atoms with Crippen LogP contribution in [-0.4, -0.2) is 15.7 Å². The van der Waals surface area contributed by atoms with Crippen molar-refractivity contribution in [2.45, 2.75) is 32.7 Å². The number of hydrogen-bond acceptors (Lipinski definition) is 4. The first-order chi connectivity index (χ1) is 8.82. The Hall–Kier alpha value is -1.98. The molecule has 102 valence electrons. The van der Waals surface area contributed by atoms with Crippen LogP contribution in [0, 0.1) is 11.6 Å². The van der Waals surface area contributed by atoms with Gasteiger partial charge in [0.2, 0.25) is 0 Å². The molecule has 0 atom stereocenters. The molecule has 2 aromatic rings. The minimum Gasteiger partial charge on any atom is -0.333 e. The molecule has 0 radical (unpaired) electrons. The summed E-state index contributed by atoms with van der Waals surface area (Å²) < 4.78 is 31.1. The summed E-state index contributed by atoms with van der Waals surface area (Å²) in [5.41, 5.74) is 0.259. The van der Waals surface area contributed by atoms with E-state index in [2.05, 4.69) is 15.5 Å². The Morgan fingerprint density at radius 3 is 2.37 bits per heavy atom. The predicted octanol–water partition coefficient (Wildman–Crippen LogP) is 3.15. The van der Waals surface area contributed by atoms with Gasteiger partial charge in [0.05, 0.1) is 0 Å². The standard InChI is InChI=1S/C13H15F2N3O/c1-13(2,3)17-12-16-11(18-19-12)6-8-4-9(14)7-10(15)5-8/h4-5,7H,6H2,1-3H3,(H,16,17,18). The van der Waals surface area contributed by atoms with Crippen molar-refractivity contribution in [3.05, 3.63) is 41.2 Å². The van der Waals surface area contributed by atoms with Crippen LogP contribution in [0.1, 0.15) is 32.2 Å². The molecule has 0 saturated heterocycles. The van der Waals surface area contributed by atoms with E-state index in [1.165, 1.54) is 12.1 Å². The van der Waals surface area contributed by atoms with Crippen molar-refractivity contribution < 1.29 is 13.3 Å². The smallest absolute Gasteiger partial charge is 0.321 e. The second-order valence-electron chi connectivity index (χ2n) is 5.35. The summed E-state index contributed by atoms with van der Waals surface area (Å²) in [6.45, 7) is 5.87. The Morgan fingerprint density at radius 1 is 1.16 bits per heavy atom. The zero-order chi connectivity index (χ0) is 14.0. The number of halogens is 2. The summed E-state index contributed by atoms with van der Waals surface area (Å²) >= 11 is 0. The maximum absolute atomic E-state index is 13.0. The molecule has 0 amide bonds. The summed E-state index contributed by atoms with van der Waals surface area (Å²) in [5.74, 6) is -0.866. The van der Waals surface area contributed by atoms with Gasteiger partial charge in [-0.2, -0.15) is 4.98 Å². The van der Waals surface area contributed by atoms with Crippen molar-refractivity contribution in [3.8, 4) is 0 Å². The van der Waals surface area contributed by atoms with E-state index in [4.69, 9.17) is 4.52 Å². The average molecular weight is 267 g/mol. The van der Waals surface area contributed by atoms with Gasteiger partial charge in [0, 0.05) is 18.0 Å². The predicted molar refractivity (Wildman–Crippen MR) is 66.8 cm³/mol. The zero-order valence-corrected chi connectivity index (χ0v) is 11.0. The molecule has 0 aliphatic carbocycles. The van der Waals surface area contributed by atoms with Crippen molar-refractivity contribution in [1.82, 2.24) is 10.1 Å². The number of aromatic nitrogens is 2. The van der Waals surface area contributed by atoms with Gasteiger partial charge in [-0.1, -0.05) is 5.16 Å². The lowest BCUT2D eigenvalue weighted by Gasteiger charge is -2.17. The van der Waals surface area contributed by atoms with E-state index >= 15 is 0 Å². The Kier molecular flexibility index (Phi) is 3.50. The third-order valence-corrected chi connectivity index (χ3v) is 2.23. The maximum Gasteiger partial charge on any atom is 0.321 e. The van der Waals surface area contributed by atoms with Crippen LogP contribution >= 0.6 is 0 Å². The Morgan fingerprint density at radius 2 is 1.79 bits per heavy atom. The molecular formula is C13H15F2N3O. The molecule has 0 unspecified atom stereocenters. The van der Waals surface area contributed by atoms with Crippen molar-refractivity contribution in [2.75, 3.05) is 5.32 Å². The number of rotatable bonds is 3. The van der Waals surface area contributed by atoms with E-state index in [0.29, 0.717) is 17.4 Å². The lowest BCUT2D eigenvalue weighted by Crippen LogP contribution is -2.26. The van der Waals surface area contributed by atoms with Crippen molar-refractivity contribution >= 4 is 6.01 Å². The first-order valence-electron chi connectivity index (χ1n) is 5.87. The Balaban J connectivity index is 2.11. The van der Waals surface area contributed by atoms with E-state index in [-0.39, 0.29) is 12.0 Å². The molecule has 1 aromatic heterocycles. The van der Waals surface area contributed by atoms with E-state index in [1.807, 2.05) is 20.8 Å². The lowest BCUT2D eigenvalue weighted by atomic mass is 10.1. The van der Waals surface area contributed by atoms with Crippen molar-refractivity contribution in [2.24, 2.45) is 0 Å². The SMILES string of the molecule is CC(C)(C)Nc1nc(Cc2cc(F)cc(F)c2)no1. The molecule has 1 heterocycles. The van der Waals surface area contributed by atoms with Crippen LogP contribution < -0.4 is 5.32 Å². The van der Waals surface area contributed by atoms with Gasteiger partial charge in [0.25, 0.3) is 0 Å². The lowest BCUT2D eigenvalue weighted by molar-refractivity contribution is 0.413. The average Bonchev–Trinajstić information content (AvgIpc) is 2.60. The topological polar surface area (TPSA) is 51.0 Å². The van der Waals surface area contributed by atoms with Crippen molar-refractivity contribution in [3.63, 3.8) is 0 Å². The monoisotopic (exact) mass is 267 g/mol. The molecule has 2 rings (SSSR count). The van der Waals surface area contributed by atoms with E-state index < -0.39 is 11.6 Å². The molecule has 0 saturated carbocycles. The summed E-state index contributed by atoms with van der Waals surface area (Å²) in [4.78, 5) is 4.12. The highest BCUT2D eigenvalue weighted by atomic mass is 19.1. The fourth-order valence-corrected chi connectivity index (χ4v) is 1.59. The first-order valence-corrected chi connectivity index (χ1v) is 5.87. The molecular weight excluding hydrogens is 252 g/mol.